The molecule has 0 atom stereocenters. The Labute approximate surface area is 152 Å². The standard InChI is InChI=1S/C14H5Cl3F3N3O2/c15-8-2-1-6(3-9(8)16)12-22-23(13(24)25-12)11-10(17)4-7(5-21-11)14(18,19)20/h1-5H. The summed E-state index contributed by atoms with van der Waals surface area (Å²) in [5.74, 6) is -1.40. The molecule has 0 unspecified atom stereocenters. The van der Waals surface area contributed by atoms with Gasteiger partial charge < -0.3 is 4.42 Å². The maximum absolute atomic E-state index is 12.7. The number of nitrogens with zero attached hydrogens (tertiary/aromatic N) is 3. The molecular weight excluding hydrogens is 406 g/mol. The van der Waals surface area contributed by atoms with Crippen molar-refractivity contribution in [3.63, 3.8) is 0 Å². The quantitative estimate of drug-likeness (QED) is 0.605. The summed E-state index contributed by atoms with van der Waals surface area (Å²) in [4.78, 5) is 15.5. The molecule has 0 saturated carbocycles. The maximum atomic E-state index is 12.7. The van der Waals surface area contributed by atoms with Gasteiger partial charge in [-0.25, -0.2) is 9.78 Å². The second kappa shape index (κ2) is 6.36. The third-order valence-electron chi connectivity index (χ3n) is 3.06. The summed E-state index contributed by atoms with van der Waals surface area (Å²) in [5.41, 5.74) is -0.712. The highest BCUT2D eigenvalue weighted by molar-refractivity contribution is 6.42. The summed E-state index contributed by atoms with van der Waals surface area (Å²) in [5, 5.41) is 3.97. The van der Waals surface area contributed by atoms with E-state index in [-0.39, 0.29) is 16.7 Å². The number of aromatic nitrogens is 3. The Kier molecular flexibility index (Phi) is 4.52. The van der Waals surface area contributed by atoms with Crippen molar-refractivity contribution >= 4 is 34.8 Å². The lowest BCUT2D eigenvalue weighted by Gasteiger charge is -2.07. The molecule has 0 amide bonds. The van der Waals surface area contributed by atoms with Crippen LogP contribution < -0.4 is 5.76 Å². The normalized spacial score (nSPS) is 11.8. The first kappa shape index (κ1) is 17.8. The summed E-state index contributed by atoms with van der Waals surface area (Å²) in [6, 6.07) is 5.04. The highest BCUT2D eigenvalue weighted by atomic mass is 35.5. The van der Waals surface area contributed by atoms with Gasteiger partial charge in [-0.1, -0.05) is 34.8 Å². The first-order valence-corrected chi connectivity index (χ1v) is 7.59. The van der Waals surface area contributed by atoms with Crippen LogP contribution in [0.4, 0.5) is 13.2 Å². The van der Waals surface area contributed by atoms with Gasteiger partial charge in [0.15, 0.2) is 5.82 Å². The summed E-state index contributed by atoms with van der Waals surface area (Å²) in [6.45, 7) is 0. The fourth-order valence-corrected chi connectivity index (χ4v) is 2.44. The van der Waals surface area contributed by atoms with Crippen molar-refractivity contribution in [3.8, 4) is 17.3 Å². The highest BCUT2D eigenvalue weighted by Gasteiger charge is 2.32. The van der Waals surface area contributed by atoms with Gasteiger partial charge in [-0.05, 0) is 24.3 Å². The molecule has 25 heavy (non-hydrogen) atoms. The maximum Gasteiger partial charge on any atom is 0.443 e. The molecule has 0 N–H and O–H groups in total. The second-order valence-electron chi connectivity index (χ2n) is 4.74. The fraction of sp³-hybridized carbons (Fsp3) is 0.0714. The van der Waals surface area contributed by atoms with Crippen LogP contribution in [0.25, 0.3) is 17.3 Å². The van der Waals surface area contributed by atoms with Crippen molar-refractivity contribution in [2.45, 2.75) is 6.18 Å². The van der Waals surface area contributed by atoms with Gasteiger partial charge in [0.1, 0.15) is 0 Å². The van der Waals surface area contributed by atoms with Gasteiger partial charge in [-0.15, -0.1) is 9.78 Å². The van der Waals surface area contributed by atoms with Gasteiger partial charge in [-0.2, -0.15) is 13.2 Å². The zero-order valence-electron chi connectivity index (χ0n) is 11.8. The van der Waals surface area contributed by atoms with E-state index in [1.54, 1.807) is 0 Å². The van der Waals surface area contributed by atoms with Crippen molar-refractivity contribution in [2.24, 2.45) is 0 Å². The Bertz CT molecular complexity index is 1010. The minimum Gasteiger partial charge on any atom is -0.387 e. The molecule has 0 radical (unpaired) electrons. The summed E-state index contributed by atoms with van der Waals surface area (Å²) in [7, 11) is 0. The molecular formula is C14H5Cl3F3N3O2. The molecule has 0 spiro atoms. The summed E-state index contributed by atoms with van der Waals surface area (Å²) in [6.07, 6.45) is -4.07. The molecule has 3 aromatic rings. The summed E-state index contributed by atoms with van der Waals surface area (Å²) >= 11 is 17.5. The van der Waals surface area contributed by atoms with Gasteiger partial charge in [0.25, 0.3) is 0 Å². The molecule has 130 valence electrons. The van der Waals surface area contributed by atoms with Crippen molar-refractivity contribution in [1.29, 1.82) is 0 Å². The average molecular weight is 411 g/mol. The Hall–Kier alpha value is -2.03. The van der Waals surface area contributed by atoms with E-state index in [0.717, 1.165) is 0 Å². The third-order valence-corrected chi connectivity index (χ3v) is 4.08. The lowest BCUT2D eigenvalue weighted by Crippen LogP contribution is -2.16. The molecule has 3 rings (SSSR count). The molecule has 5 nitrogen and oxygen atoms in total. The van der Waals surface area contributed by atoms with Crippen molar-refractivity contribution in [3.05, 3.63) is 61.6 Å². The van der Waals surface area contributed by atoms with Crippen LogP contribution >= 0.6 is 34.8 Å². The van der Waals surface area contributed by atoms with E-state index in [1.807, 2.05) is 0 Å². The van der Waals surface area contributed by atoms with Crippen LogP contribution in [-0.4, -0.2) is 14.8 Å². The lowest BCUT2D eigenvalue weighted by atomic mass is 10.2. The van der Waals surface area contributed by atoms with Crippen LogP contribution in [0, 0.1) is 0 Å². The molecule has 1 aromatic carbocycles. The van der Waals surface area contributed by atoms with E-state index in [9.17, 15) is 18.0 Å². The van der Waals surface area contributed by atoms with Crippen LogP contribution in [0.2, 0.25) is 15.1 Å². The largest absolute Gasteiger partial charge is 0.443 e. The number of halogens is 6. The minimum atomic E-state index is -4.62. The predicted molar refractivity (Wildman–Crippen MR) is 85.4 cm³/mol. The fourth-order valence-electron chi connectivity index (χ4n) is 1.90. The highest BCUT2D eigenvalue weighted by Crippen LogP contribution is 2.32. The summed E-state index contributed by atoms with van der Waals surface area (Å²) < 4.78 is 43.6. The molecule has 0 aliphatic carbocycles. The Morgan fingerprint density at radius 3 is 2.36 bits per heavy atom. The number of hydrogen-bond acceptors (Lipinski definition) is 4. The van der Waals surface area contributed by atoms with Gasteiger partial charge in [0, 0.05) is 11.8 Å². The molecule has 0 fully saturated rings. The van der Waals surface area contributed by atoms with Crippen LogP contribution in [0.3, 0.4) is 0 Å². The van der Waals surface area contributed by atoms with Crippen LogP contribution in [-0.2, 0) is 6.18 Å². The predicted octanol–water partition coefficient (Wildman–Crippen LogP) is 4.87. The van der Waals surface area contributed by atoms with E-state index in [0.29, 0.717) is 27.5 Å². The SMILES string of the molecule is O=c1oc(-c2ccc(Cl)c(Cl)c2)nn1-c1ncc(C(F)(F)F)cc1Cl. The van der Waals surface area contributed by atoms with Crippen molar-refractivity contribution < 1.29 is 17.6 Å². The Balaban J connectivity index is 2.06. The first-order valence-electron chi connectivity index (χ1n) is 6.45. The number of alkyl halides is 3. The third kappa shape index (κ3) is 3.51. The topological polar surface area (TPSA) is 60.9 Å². The second-order valence-corrected chi connectivity index (χ2v) is 5.96. The molecule has 0 saturated heterocycles. The number of hydrogen-bond donors (Lipinski definition) is 0. The van der Waals surface area contributed by atoms with Crippen molar-refractivity contribution in [1.82, 2.24) is 14.8 Å². The number of benzene rings is 1. The molecule has 2 aromatic heterocycles. The van der Waals surface area contributed by atoms with Crippen molar-refractivity contribution in [2.75, 3.05) is 0 Å². The van der Waals surface area contributed by atoms with E-state index in [1.165, 1.54) is 18.2 Å². The molecule has 0 bridgehead atoms. The molecule has 2 heterocycles. The molecule has 11 heteroatoms. The Morgan fingerprint density at radius 2 is 1.76 bits per heavy atom. The molecule has 0 aliphatic rings. The van der Waals surface area contributed by atoms with Gasteiger partial charge >= 0.3 is 11.9 Å². The van der Waals surface area contributed by atoms with E-state index < -0.39 is 22.5 Å². The average Bonchev–Trinajstić information content (AvgIpc) is 2.91. The van der Waals surface area contributed by atoms with E-state index in [4.69, 9.17) is 39.2 Å². The van der Waals surface area contributed by atoms with E-state index >= 15 is 0 Å². The number of pyridine rings is 1. The van der Waals surface area contributed by atoms with Crippen LogP contribution in [0.15, 0.2) is 39.7 Å². The Morgan fingerprint density at radius 1 is 1.04 bits per heavy atom. The van der Waals surface area contributed by atoms with Gasteiger partial charge in [0.2, 0.25) is 5.89 Å². The zero-order chi connectivity index (χ0) is 18.4. The molecule has 0 aliphatic heterocycles. The van der Waals surface area contributed by atoms with Crippen LogP contribution in [0.1, 0.15) is 5.56 Å². The van der Waals surface area contributed by atoms with Gasteiger partial charge in [0.05, 0.1) is 20.6 Å². The van der Waals surface area contributed by atoms with Gasteiger partial charge in [-0.3, -0.25) is 0 Å². The lowest BCUT2D eigenvalue weighted by molar-refractivity contribution is -0.137. The monoisotopic (exact) mass is 409 g/mol. The van der Waals surface area contributed by atoms with Crippen LogP contribution in [0.5, 0.6) is 0 Å². The zero-order valence-corrected chi connectivity index (χ0v) is 14.1. The minimum absolute atomic E-state index is 0.124. The number of rotatable bonds is 2. The van der Waals surface area contributed by atoms with E-state index in [2.05, 4.69) is 10.1 Å². The first-order chi connectivity index (χ1) is 11.7. The smallest absolute Gasteiger partial charge is 0.387 e.